The lowest BCUT2D eigenvalue weighted by atomic mass is 10.1. The summed E-state index contributed by atoms with van der Waals surface area (Å²) in [6, 6.07) is 9.61. The van der Waals surface area contributed by atoms with Gasteiger partial charge in [0, 0.05) is 12.1 Å². The third kappa shape index (κ3) is 3.65. The number of hydrogen-bond donors (Lipinski definition) is 1. The quantitative estimate of drug-likeness (QED) is 0.906. The highest BCUT2D eigenvalue weighted by Crippen LogP contribution is 2.23. The molecule has 1 heterocycles. The molecular formula is C15H19N5O. The van der Waals surface area contributed by atoms with Crippen LogP contribution < -0.4 is 5.32 Å². The molecule has 1 saturated carbocycles. The number of carbonyl (C=O) groups is 1. The van der Waals surface area contributed by atoms with E-state index in [1.165, 1.54) is 30.5 Å². The highest BCUT2D eigenvalue weighted by Gasteiger charge is 2.16. The van der Waals surface area contributed by atoms with E-state index in [2.05, 4.69) is 20.7 Å². The highest BCUT2D eigenvalue weighted by molar-refractivity contribution is 5.75. The van der Waals surface area contributed by atoms with E-state index < -0.39 is 0 Å². The van der Waals surface area contributed by atoms with Gasteiger partial charge in [-0.1, -0.05) is 43.2 Å². The van der Waals surface area contributed by atoms with Gasteiger partial charge in [0.25, 0.3) is 0 Å². The van der Waals surface area contributed by atoms with Crippen LogP contribution >= 0.6 is 0 Å². The van der Waals surface area contributed by atoms with Crippen LogP contribution in [-0.4, -0.2) is 32.7 Å². The number of aromatic nitrogens is 4. The smallest absolute Gasteiger partial charge is 0.243 e. The number of benzene rings is 1. The highest BCUT2D eigenvalue weighted by atomic mass is 16.2. The number of rotatable bonds is 5. The summed E-state index contributed by atoms with van der Waals surface area (Å²) in [5.41, 5.74) is 0.898. The van der Waals surface area contributed by atoms with Gasteiger partial charge in [0.2, 0.25) is 11.7 Å². The first-order chi connectivity index (χ1) is 10.3. The Kier molecular flexibility index (Phi) is 4.23. The van der Waals surface area contributed by atoms with Crippen molar-refractivity contribution in [2.45, 2.75) is 32.2 Å². The average Bonchev–Trinajstić information content (AvgIpc) is 3.17. The van der Waals surface area contributed by atoms with Crippen molar-refractivity contribution in [3.05, 3.63) is 30.3 Å². The zero-order valence-corrected chi connectivity index (χ0v) is 11.9. The Morgan fingerprint density at radius 3 is 2.76 bits per heavy atom. The molecular weight excluding hydrogens is 266 g/mol. The Labute approximate surface area is 123 Å². The predicted octanol–water partition coefficient (Wildman–Crippen LogP) is 1.65. The van der Waals surface area contributed by atoms with E-state index in [-0.39, 0.29) is 12.5 Å². The minimum atomic E-state index is -0.0566. The normalized spacial score (nSPS) is 15.2. The number of nitrogens with zero attached hydrogens (tertiary/aromatic N) is 4. The monoisotopic (exact) mass is 285 g/mol. The van der Waals surface area contributed by atoms with Crippen molar-refractivity contribution >= 4 is 5.91 Å². The second-order valence-electron chi connectivity index (χ2n) is 5.46. The Morgan fingerprint density at radius 2 is 2.00 bits per heavy atom. The van der Waals surface area contributed by atoms with Gasteiger partial charge in [0.15, 0.2) is 0 Å². The largest absolute Gasteiger partial charge is 0.354 e. The molecule has 21 heavy (non-hydrogen) atoms. The number of nitrogens with one attached hydrogen (secondary N) is 1. The summed E-state index contributed by atoms with van der Waals surface area (Å²) >= 11 is 0. The van der Waals surface area contributed by atoms with Crippen molar-refractivity contribution in [3.63, 3.8) is 0 Å². The molecule has 6 nitrogen and oxygen atoms in total. The maximum atomic E-state index is 11.9. The molecule has 1 amide bonds. The summed E-state index contributed by atoms with van der Waals surface area (Å²) in [5, 5.41) is 15.1. The zero-order chi connectivity index (χ0) is 14.5. The van der Waals surface area contributed by atoms with E-state index in [1.807, 2.05) is 30.3 Å². The van der Waals surface area contributed by atoms with Crippen molar-refractivity contribution in [3.8, 4) is 11.4 Å². The molecule has 2 aromatic rings. The molecule has 1 fully saturated rings. The molecule has 110 valence electrons. The lowest BCUT2D eigenvalue weighted by molar-refractivity contribution is -0.122. The third-order valence-corrected chi connectivity index (χ3v) is 3.83. The fourth-order valence-electron chi connectivity index (χ4n) is 2.67. The molecule has 1 aromatic heterocycles. The first-order valence-electron chi connectivity index (χ1n) is 7.41. The van der Waals surface area contributed by atoms with Crippen molar-refractivity contribution < 1.29 is 4.79 Å². The molecule has 1 N–H and O–H groups in total. The van der Waals surface area contributed by atoms with Crippen molar-refractivity contribution in [1.29, 1.82) is 0 Å². The van der Waals surface area contributed by atoms with Crippen molar-refractivity contribution in [2.75, 3.05) is 6.54 Å². The van der Waals surface area contributed by atoms with Crippen LogP contribution in [0.25, 0.3) is 11.4 Å². The lowest BCUT2D eigenvalue weighted by Crippen LogP contribution is -2.32. The lowest BCUT2D eigenvalue weighted by Gasteiger charge is -2.09. The van der Waals surface area contributed by atoms with E-state index in [1.54, 1.807) is 0 Å². The van der Waals surface area contributed by atoms with E-state index >= 15 is 0 Å². The first-order valence-corrected chi connectivity index (χ1v) is 7.41. The molecule has 3 rings (SSSR count). The second kappa shape index (κ2) is 6.47. The van der Waals surface area contributed by atoms with Crippen LogP contribution in [0, 0.1) is 5.92 Å². The zero-order valence-electron chi connectivity index (χ0n) is 11.9. The summed E-state index contributed by atoms with van der Waals surface area (Å²) in [7, 11) is 0. The van der Waals surface area contributed by atoms with Gasteiger partial charge in [-0.15, -0.1) is 10.2 Å². The molecule has 0 atom stereocenters. The van der Waals surface area contributed by atoms with E-state index in [9.17, 15) is 4.79 Å². The molecule has 0 bridgehead atoms. The fourth-order valence-corrected chi connectivity index (χ4v) is 2.67. The number of amides is 1. The number of carbonyl (C=O) groups excluding carboxylic acids is 1. The molecule has 0 radical (unpaired) electrons. The molecule has 1 aliphatic rings. The Hall–Kier alpha value is -2.24. The van der Waals surface area contributed by atoms with Gasteiger partial charge in [-0.05, 0) is 24.0 Å². The standard InChI is InChI=1S/C15H19N5O/c21-14(16-10-12-6-4-5-7-12)11-20-18-15(17-19-20)13-8-2-1-3-9-13/h1-3,8-9,12H,4-7,10-11H2,(H,16,21). The van der Waals surface area contributed by atoms with Crippen LogP contribution in [0.3, 0.4) is 0 Å². The number of hydrogen-bond acceptors (Lipinski definition) is 4. The number of tetrazole rings is 1. The van der Waals surface area contributed by atoms with E-state index in [0.29, 0.717) is 11.7 Å². The van der Waals surface area contributed by atoms with Gasteiger partial charge in [0.1, 0.15) is 6.54 Å². The maximum Gasteiger partial charge on any atom is 0.243 e. The van der Waals surface area contributed by atoms with Crippen LogP contribution in [0.15, 0.2) is 30.3 Å². The van der Waals surface area contributed by atoms with E-state index in [0.717, 1.165) is 12.1 Å². The predicted molar refractivity (Wildman–Crippen MR) is 78.2 cm³/mol. The summed E-state index contributed by atoms with van der Waals surface area (Å²) in [5.74, 6) is 1.12. The van der Waals surface area contributed by atoms with Crippen molar-refractivity contribution in [2.24, 2.45) is 5.92 Å². The first kappa shape index (κ1) is 13.7. The Bertz CT molecular complexity index is 589. The SMILES string of the molecule is O=C(Cn1nnc(-c2ccccc2)n1)NCC1CCCC1. The van der Waals surface area contributed by atoms with Crippen LogP contribution in [-0.2, 0) is 11.3 Å². The van der Waals surface area contributed by atoms with Crippen molar-refractivity contribution in [1.82, 2.24) is 25.5 Å². The minimum absolute atomic E-state index is 0.0566. The molecule has 6 heteroatoms. The van der Waals surface area contributed by atoms with E-state index in [4.69, 9.17) is 0 Å². The fraction of sp³-hybridized carbons (Fsp3) is 0.467. The average molecular weight is 285 g/mol. The summed E-state index contributed by atoms with van der Waals surface area (Å²) < 4.78 is 0. The van der Waals surface area contributed by atoms with Gasteiger partial charge >= 0.3 is 0 Å². The van der Waals surface area contributed by atoms with Gasteiger partial charge in [-0.3, -0.25) is 4.79 Å². The Balaban J connectivity index is 1.53. The van der Waals surface area contributed by atoms with Gasteiger partial charge in [-0.25, -0.2) is 0 Å². The molecule has 1 aliphatic carbocycles. The second-order valence-corrected chi connectivity index (χ2v) is 5.46. The molecule has 0 unspecified atom stereocenters. The molecule has 1 aromatic carbocycles. The molecule has 0 spiro atoms. The van der Waals surface area contributed by atoms with Crippen LogP contribution in [0.1, 0.15) is 25.7 Å². The van der Waals surface area contributed by atoms with Gasteiger partial charge in [0.05, 0.1) is 0 Å². The Morgan fingerprint density at radius 1 is 1.24 bits per heavy atom. The van der Waals surface area contributed by atoms with Gasteiger partial charge < -0.3 is 5.32 Å². The minimum Gasteiger partial charge on any atom is -0.354 e. The van der Waals surface area contributed by atoms with Crippen LogP contribution in [0.2, 0.25) is 0 Å². The molecule has 0 aliphatic heterocycles. The summed E-state index contributed by atoms with van der Waals surface area (Å²) in [6.07, 6.45) is 5.01. The van der Waals surface area contributed by atoms with Crippen LogP contribution in [0.5, 0.6) is 0 Å². The van der Waals surface area contributed by atoms with Crippen LogP contribution in [0.4, 0.5) is 0 Å². The summed E-state index contributed by atoms with van der Waals surface area (Å²) in [4.78, 5) is 13.2. The topological polar surface area (TPSA) is 72.7 Å². The van der Waals surface area contributed by atoms with Gasteiger partial charge in [-0.2, -0.15) is 4.80 Å². The third-order valence-electron chi connectivity index (χ3n) is 3.83. The molecule has 0 saturated heterocycles. The summed E-state index contributed by atoms with van der Waals surface area (Å²) in [6.45, 7) is 0.881. The maximum absolute atomic E-state index is 11.9.